The molecule has 0 aromatic heterocycles. The van der Waals surface area contributed by atoms with Crippen LogP contribution in [-0.4, -0.2) is 8.42 Å². The van der Waals surface area contributed by atoms with Gasteiger partial charge >= 0.3 is 10.1 Å². The van der Waals surface area contributed by atoms with Crippen LogP contribution in [0.4, 0.5) is 0 Å². The van der Waals surface area contributed by atoms with Gasteiger partial charge < -0.3 is 4.18 Å². The van der Waals surface area contributed by atoms with Crippen molar-refractivity contribution in [3.63, 3.8) is 0 Å². The van der Waals surface area contributed by atoms with Crippen LogP contribution in [-0.2, 0) is 14.3 Å². The molecule has 0 saturated carbocycles. The first-order chi connectivity index (χ1) is 12.6. The van der Waals surface area contributed by atoms with Gasteiger partial charge in [-0.1, -0.05) is 91.0 Å². The fourth-order valence-corrected chi connectivity index (χ4v) is 4.11. The van der Waals surface area contributed by atoms with Gasteiger partial charge in [0.05, 0.1) is 0 Å². The van der Waals surface area contributed by atoms with Crippen LogP contribution in [0.15, 0.2) is 97.1 Å². The van der Waals surface area contributed by atoms with Gasteiger partial charge in [-0.2, -0.15) is 8.42 Å². The maximum Gasteiger partial charge on any atom is 0.339 e. The number of benzene rings is 3. The van der Waals surface area contributed by atoms with E-state index in [1.54, 1.807) is 18.2 Å². The van der Waals surface area contributed by atoms with Crippen LogP contribution in [0.1, 0.15) is 16.7 Å². The first-order valence-corrected chi connectivity index (χ1v) is 9.63. The molecular weight excluding hydrogens is 344 g/mol. The predicted molar refractivity (Wildman–Crippen MR) is 104 cm³/mol. The largest absolute Gasteiger partial charge is 0.378 e. The SMILES string of the molecule is O=S1(=O)OC(c2ccccc2)=C(c2ccccc2)C=C1c1ccccc1. The molecule has 4 heteroatoms. The average Bonchev–Trinajstić information content (AvgIpc) is 2.69. The first-order valence-electron chi connectivity index (χ1n) is 8.22. The number of rotatable bonds is 3. The van der Waals surface area contributed by atoms with Gasteiger partial charge in [0, 0.05) is 11.1 Å². The van der Waals surface area contributed by atoms with E-state index in [4.69, 9.17) is 4.18 Å². The molecule has 0 unspecified atom stereocenters. The van der Waals surface area contributed by atoms with E-state index >= 15 is 0 Å². The third kappa shape index (κ3) is 3.07. The Morgan fingerprint density at radius 2 is 1.04 bits per heavy atom. The van der Waals surface area contributed by atoms with E-state index in [0.29, 0.717) is 11.3 Å². The molecule has 0 atom stereocenters. The smallest absolute Gasteiger partial charge is 0.339 e. The highest BCUT2D eigenvalue weighted by molar-refractivity contribution is 7.96. The molecule has 1 aliphatic heterocycles. The van der Waals surface area contributed by atoms with Crippen LogP contribution < -0.4 is 0 Å². The van der Waals surface area contributed by atoms with E-state index in [0.717, 1.165) is 16.7 Å². The predicted octanol–water partition coefficient (Wildman–Crippen LogP) is 4.96. The van der Waals surface area contributed by atoms with Crippen molar-refractivity contribution in [1.29, 1.82) is 0 Å². The second-order valence-electron chi connectivity index (χ2n) is 5.89. The van der Waals surface area contributed by atoms with Crippen LogP contribution in [0.3, 0.4) is 0 Å². The van der Waals surface area contributed by atoms with Gasteiger partial charge in [0.2, 0.25) is 0 Å². The molecule has 3 aromatic carbocycles. The Morgan fingerprint density at radius 3 is 1.58 bits per heavy atom. The van der Waals surface area contributed by atoms with Crippen molar-refractivity contribution < 1.29 is 12.6 Å². The molecular formula is C22H16O3S. The van der Waals surface area contributed by atoms with Gasteiger partial charge in [0.15, 0.2) is 5.76 Å². The van der Waals surface area contributed by atoms with Gasteiger partial charge in [-0.25, -0.2) is 0 Å². The molecule has 26 heavy (non-hydrogen) atoms. The van der Waals surface area contributed by atoms with E-state index in [-0.39, 0.29) is 4.91 Å². The average molecular weight is 360 g/mol. The topological polar surface area (TPSA) is 43.4 Å². The lowest BCUT2D eigenvalue weighted by Gasteiger charge is -2.21. The van der Waals surface area contributed by atoms with E-state index < -0.39 is 10.1 Å². The summed E-state index contributed by atoms with van der Waals surface area (Å²) >= 11 is 0. The molecule has 0 fully saturated rings. The lowest BCUT2D eigenvalue weighted by molar-refractivity contribution is 0.475. The van der Waals surface area contributed by atoms with Crippen LogP contribution in [0, 0.1) is 0 Å². The van der Waals surface area contributed by atoms with Crippen molar-refractivity contribution in [2.24, 2.45) is 0 Å². The summed E-state index contributed by atoms with van der Waals surface area (Å²) in [6.07, 6.45) is 1.70. The summed E-state index contributed by atoms with van der Waals surface area (Å²) in [5.74, 6) is 0.344. The summed E-state index contributed by atoms with van der Waals surface area (Å²) in [5.41, 5.74) is 2.96. The molecule has 128 valence electrons. The normalized spacial score (nSPS) is 15.9. The van der Waals surface area contributed by atoms with Crippen molar-refractivity contribution in [2.45, 2.75) is 0 Å². The Balaban J connectivity index is 1.99. The maximum absolute atomic E-state index is 12.8. The number of hydrogen-bond donors (Lipinski definition) is 0. The van der Waals surface area contributed by atoms with Crippen LogP contribution >= 0.6 is 0 Å². The molecule has 3 nitrogen and oxygen atoms in total. The Bertz CT molecular complexity index is 1080. The number of allylic oxidation sites excluding steroid dienone is 2. The summed E-state index contributed by atoms with van der Waals surface area (Å²) in [6.45, 7) is 0. The highest BCUT2D eigenvalue weighted by Gasteiger charge is 2.30. The molecule has 0 bridgehead atoms. The molecule has 0 N–H and O–H groups in total. The Hall–Kier alpha value is -3.11. The highest BCUT2D eigenvalue weighted by atomic mass is 32.2. The molecule has 0 amide bonds. The lowest BCUT2D eigenvalue weighted by atomic mass is 9.99. The summed E-state index contributed by atoms with van der Waals surface area (Å²) in [4.78, 5) is 0.164. The second-order valence-corrected chi connectivity index (χ2v) is 7.40. The maximum atomic E-state index is 12.8. The Morgan fingerprint density at radius 1 is 0.577 bits per heavy atom. The fraction of sp³-hybridized carbons (Fsp3) is 0. The quantitative estimate of drug-likeness (QED) is 0.620. The molecule has 1 heterocycles. The van der Waals surface area contributed by atoms with Crippen molar-refractivity contribution in [1.82, 2.24) is 0 Å². The van der Waals surface area contributed by atoms with Crippen molar-refractivity contribution >= 4 is 26.4 Å². The Kier molecular flexibility index (Phi) is 4.19. The lowest BCUT2D eigenvalue weighted by Crippen LogP contribution is -2.13. The summed E-state index contributed by atoms with van der Waals surface area (Å²) in [7, 11) is -3.91. The number of hydrogen-bond acceptors (Lipinski definition) is 3. The zero-order valence-corrected chi connectivity index (χ0v) is 14.7. The van der Waals surface area contributed by atoms with Gasteiger partial charge in [0.25, 0.3) is 0 Å². The van der Waals surface area contributed by atoms with Crippen molar-refractivity contribution in [2.75, 3.05) is 0 Å². The fourth-order valence-electron chi connectivity index (χ4n) is 2.92. The zero-order chi connectivity index (χ0) is 18.0. The van der Waals surface area contributed by atoms with Gasteiger partial charge in [-0.05, 0) is 17.2 Å². The third-order valence-electron chi connectivity index (χ3n) is 4.16. The molecule has 0 aliphatic carbocycles. The first kappa shape index (κ1) is 16.4. The minimum absolute atomic E-state index is 0.164. The van der Waals surface area contributed by atoms with E-state index in [1.165, 1.54) is 0 Å². The van der Waals surface area contributed by atoms with Gasteiger partial charge in [-0.15, -0.1) is 0 Å². The van der Waals surface area contributed by atoms with E-state index in [1.807, 2.05) is 78.9 Å². The standard InChI is InChI=1S/C22H16O3S/c23-26(24)21(18-12-6-2-7-13-18)16-20(17-10-4-1-5-11-17)22(25-26)19-14-8-3-9-15-19/h1-16H. The molecule has 0 saturated heterocycles. The third-order valence-corrected chi connectivity index (χ3v) is 5.44. The van der Waals surface area contributed by atoms with Crippen molar-refractivity contribution in [3.8, 4) is 0 Å². The minimum Gasteiger partial charge on any atom is -0.378 e. The van der Waals surface area contributed by atoms with Gasteiger partial charge in [-0.3, -0.25) is 0 Å². The summed E-state index contributed by atoms with van der Waals surface area (Å²) in [6, 6.07) is 27.9. The highest BCUT2D eigenvalue weighted by Crippen LogP contribution is 2.40. The second kappa shape index (κ2) is 6.65. The Labute approximate surface area is 153 Å². The molecule has 3 aromatic rings. The summed E-state index contributed by atoms with van der Waals surface area (Å²) < 4.78 is 31.2. The van der Waals surface area contributed by atoms with Crippen LogP contribution in [0.25, 0.3) is 16.2 Å². The van der Waals surface area contributed by atoms with Crippen LogP contribution in [0.2, 0.25) is 0 Å². The zero-order valence-electron chi connectivity index (χ0n) is 13.9. The van der Waals surface area contributed by atoms with Crippen LogP contribution in [0.5, 0.6) is 0 Å². The van der Waals surface area contributed by atoms with E-state index in [9.17, 15) is 8.42 Å². The molecule has 1 aliphatic rings. The van der Waals surface area contributed by atoms with Crippen molar-refractivity contribution in [3.05, 3.63) is 114 Å². The van der Waals surface area contributed by atoms with E-state index in [2.05, 4.69) is 0 Å². The minimum atomic E-state index is -3.91. The molecule has 4 rings (SSSR count). The molecule has 0 spiro atoms. The molecule has 0 radical (unpaired) electrons. The van der Waals surface area contributed by atoms with Gasteiger partial charge in [0.1, 0.15) is 4.91 Å². The monoisotopic (exact) mass is 360 g/mol. The summed E-state index contributed by atoms with van der Waals surface area (Å²) in [5, 5.41) is 0.